The fourth-order valence-electron chi connectivity index (χ4n) is 2.13. The van der Waals surface area contributed by atoms with Gasteiger partial charge < -0.3 is 0 Å². The molecule has 3 aromatic rings. The Morgan fingerprint density at radius 3 is 2.41 bits per heavy atom. The molecule has 0 aliphatic carbocycles. The average Bonchev–Trinajstić information content (AvgIpc) is 2.98. The van der Waals surface area contributed by atoms with E-state index in [9.17, 15) is 13.2 Å². The minimum absolute atomic E-state index is 0.535. The van der Waals surface area contributed by atoms with Gasteiger partial charge in [-0.15, -0.1) is 0 Å². The summed E-state index contributed by atoms with van der Waals surface area (Å²) in [6.07, 6.45) is -3.17. The first kappa shape index (κ1) is 14.7. The lowest BCUT2D eigenvalue weighted by molar-refractivity contribution is -0.141. The number of alkyl halides is 3. The molecular formula is C16H10ClF3N2. The fraction of sp³-hybridized carbons (Fsp3) is 0.0625. The number of aromatic nitrogens is 2. The molecule has 0 atom stereocenters. The molecule has 0 saturated carbocycles. The maximum absolute atomic E-state index is 12.6. The third-order valence-electron chi connectivity index (χ3n) is 3.18. The lowest BCUT2D eigenvalue weighted by Gasteiger charge is -2.07. The van der Waals surface area contributed by atoms with Crippen molar-refractivity contribution in [1.82, 2.24) is 9.78 Å². The molecule has 0 unspecified atom stereocenters. The zero-order chi connectivity index (χ0) is 15.7. The van der Waals surface area contributed by atoms with E-state index in [1.165, 1.54) is 10.9 Å². The van der Waals surface area contributed by atoms with Gasteiger partial charge in [-0.25, -0.2) is 4.68 Å². The molecule has 0 radical (unpaired) electrons. The van der Waals surface area contributed by atoms with Gasteiger partial charge in [0, 0.05) is 16.8 Å². The Balaban J connectivity index is 2.02. The molecule has 0 spiro atoms. The van der Waals surface area contributed by atoms with E-state index in [0.717, 1.165) is 17.2 Å². The van der Waals surface area contributed by atoms with Crippen molar-refractivity contribution in [2.75, 3.05) is 0 Å². The molecule has 6 heteroatoms. The van der Waals surface area contributed by atoms with Crippen LogP contribution in [0.2, 0.25) is 5.02 Å². The summed E-state index contributed by atoms with van der Waals surface area (Å²) in [7, 11) is 0. The highest BCUT2D eigenvalue weighted by Crippen LogP contribution is 2.30. The van der Waals surface area contributed by atoms with Crippen LogP contribution < -0.4 is 0 Å². The van der Waals surface area contributed by atoms with E-state index in [1.807, 2.05) is 24.3 Å². The quantitative estimate of drug-likeness (QED) is 0.633. The van der Waals surface area contributed by atoms with E-state index in [4.69, 9.17) is 11.6 Å². The average molecular weight is 323 g/mol. The van der Waals surface area contributed by atoms with Gasteiger partial charge in [0.2, 0.25) is 0 Å². The monoisotopic (exact) mass is 322 g/mol. The standard InChI is InChI=1S/C16H10ClF3N2/c17-14-7-2-1-6-13(14)11-4-3-5-12(10-11)22-9-8-15(21-22)16(18,19)20/h1-10H. The topological polar surface area (TPSA) is 17.8 Å². The molecule has 2 aromatic carbocycles. The van der Waals surface area contributed by atoms with Crippen molar-refractivity contribution in [3.8, 4) is 16.8 Å². The lowest BCUT2D eigenvalue weighted by atomic mass is 10.1. The molecule has 1 aromatic heterocycles. The van der Waals surface area contributed by atoms with Crippen molar-refractivity contribution in [3.05, 3.63) is 71.5 Å². The second kappa shape index (κ2) is 5.50. The first-order valence-electron chi connectivity index (χ1n) is 6.43. The van der Waals surface area contributed by atoms with Crippen LogP contribution in [0, 0.1) is 0 Å². The van der Waals surface area contributed by atoms with Crippen LogP contribution in [0.4, 0.5) is 13.2 Å². The Bertz CT molecular complexity index is 809. The van der Waals surface area contributed by atoms with Gasteiger partial charge in [-0.1, -0.05) is 41.9 Å². The molecule has 0 amide bonds. The Morgan fingerprint density at radius 2 is 1.73 bits per heavy atom. The van der Waals surface area contributed by atoms with Crippen molar-refractivity contribution in [2.45, 2.75) is 6.18 Å². The molecule has 1 heterocycles. The second-order valence-corrected chi connectivity index (χ2v) is 5.08. The molecule has 2 nitrogen and oxygen atoms in total. The summed E-state index contributed by atoms with van der Waals surface area (Å²) in [6.45, 7) is 0. The fourth-order valence-corrected chi connectivity index (χ4v) is 2.38. The molecular weight excluding hydrogens is 313 g/mol. The summed E-state index contributed by atoms with van der Waals surface area (Å²) in [5, 5.41) is 4.15. The summed E-state index contributed by atoms with van der Waals surface area (Å²) >= 11 is 6.15. The van der Waals surface area contributed by atoms with E-state index in [0.29, 0.717) is 10.7 Å². The highest BCUT2D eigenvalue weighted by molar-refractivity contribution is 6.33. The van der Waals surface area contributed by atoms with Crippen LogP contribution in [0.25, 0.3) is 16.8 Å². The van der Waals surface area contributed by atoms with Crippen molar-refractivity contribution in [3.63, 3.8) is 0 Å². The molecule has 0 saturated heterocycles. The van der Waals surface area contributed by atoms with Crippen LogP contribution in [-0.2, 0) is 6.18 Å². The third-order valence-corrected chi connectivity index (χ3v) is 3.50. The molecule has 112 valence electrons. The maximum atomic E-state index is 12.6. The van der Waals surface area contributed by atoms with E-state index in [-0.39, 0.29) is 0 Å². The van der Waals surface area contributed by atoms with Crippen LogP contribution in [0.5, 0.6) is 0 Å². The van der Waals surface area contributed by atoms with Gasteiger partial charge >= 0.3 is 6.18 Å². The number of hydrogen-bond acceptors (Lipinski definition) is 1. The maximum Gasteiger partial charge on any atom is 0.435 e. The van der Waals surface area contributed by atoms with Crippen LogP contribution in [-0.4, -0.2) is 9.78 Å². The van der Waals surface area contributed by atoms with Gasteiger partial charge in [-0.2, -0.15) is 18.3 Å². The Kier molecular flexibility index (Phi) is 3.66. The van der Waals surface area contributed by atoms with Gasteiger partial charge in [0.15, 0.2) is 5.69 Å². The van der Waals surface area contributed by atoms with Crippen molar-refractivity contribution in [1.29, 1.82) is 0 Å². The molecule has 0 aliphatic heterocycles. The predicted molar refractivity (Wildman–Crippen MR) is 79.0 cm³/mol. The zero-order valence-electron chi connectivity index (χ0n) is 11.2. The molecule has 0 bridgehead atoms. The van der Waals surface area contributed by atoms with Crippen LogP contribution in [0.3, 0.4) is 0 Å². The van der Waals surface area contributed by atoms with Gasteiger partial charge in [0.25, 0.3) is 0 Å². The second-order valence-electron chi connectivity index (χ2n) is 4.67. The number of hydrogen-bond donors (Lipinski definition) is 0. The first-order valence-corrected chi connectivity index (χ1v) is 6.81. The highest BCUT2D eigenvalue weighted by Gasteiger charge is 2.33. The normalized spacial score (nSPS) is 11.6. The van der Waals surface area contributed by atoms with Gasteiger partial charge in [-0.3, -0.25) is 0 Å². The zero-order valence-corrected chi connectivity index (χ0v) is 11.9. The van der Waals surface area contributed by atoms with Crippen molar-refractivity contribution in [2.24, 2.45) is 0 Å². The van der Waals surface area contributed by atoms with Crippen molar-refractivity contribution >= 4 is 11.6 Å². The Hall–Kier alpha value is -2.27. The molecule has 3 rings (SSSR count). The number of halogens is 4. The molecule has 0 fully saturated rings. The molecule has 22 heavy (non-hydrogen) atoms. The number of benzene rings is 2. The minimum Gasteiger partial charge on any atom is -0.240 e. The molecule has 0 aliphatic rings. The summed E-state index contributed by atoms with van der Waals surface area (Å²) < 4.78 is 39.1. The largest absolute Gasteiger partial charge is 0.435 e. The summed E-state index contributed by atoms with van der Waals surface area (Å²) in [5.41, 5.74) is 1.24. The highest BCUT2D eigenvalue weighted by atomic mass is 35.5. The summed E-state index contributed by atoms with van der Waals surface area (Å²) in [5.74, 6) is 0. The summed E-state index contributed by atoms with van der Waals surface area (Å²) in [6, 6.07) is 15.3. The number of rotatable bonds is 2. The first-order chi connectivity index (χ1) is 10.4. The Morgan fingerprint density at radius 1 is 0.955 bits per heavy atom. The van der Waals surface area contributed by atoms with Crippen LogP contribution in [0.1, 0.15) is 5.69 Å². The SMILES string of the molecule is FC(F)(F)c1ccn(-c2cccc(-c3ccccc3Cl)c2)n1. The van der Waals surface area contributed by atoms with Gasteiger partial charge in [-0.05, 0) is 29.8 Å². The minimum atomic E-state index is -4.45. The van der Waals surface area contributed by atoms with Gasteiger partial charge in [0.05, 0.1) is 5.69 Å². The lowest BCUT2D eigenvalue weighted by Crippen LogP contribution is -2.07. The van der Waals surface area contributed by atoms with E-state index >= 15 is 0 Å². The smallest absolute Gasteiger partial charge is 0.240 e. The summed E-state index contributed by atoms with van der Waals surface area (Å²) in [4.78, 5) is 0. The van der Waals surface area contributed by atoms with Crippen molar-refractivity contribution < 1.29 is 13.2 Å². The van der Waals surface area contributed by atoms with Gasteiger partial charge in [0.1, 0.15) is 0 Å². The van der Waals surface area contributed by atoms with E-state index in [2.05, 4.69) is 5.10 Å². The van der Waals surface area contributed by atoms with E-state index in [1.54, 1.807) is 24.3 Å². The van der Waals surface area contributed by atoms with E-state index < -0.39 is 11.9 Å². The molecule has 0 N–H and O–H groups in total. The Labute approximate surface area is 129 Å². The third kappa shape index (κ3) is 2.85. The van der Waals surface area contributed by atoms with Crippen LogP contribution >= 0.6 is 11.6 Å². The van der Waals surface area contributed by atoms with Crippen LogP contribution in [0.15, 0.2) is 60.8 Å². The predicted octanol–water partition coefficient (Wildman–Crippen LogP) is 5.21. The number of nitrogens with zero attached hydrogens (tertiary/aromatic N) is 2.